The molecule has 1 atom stereocenters. The number of aromatic nitrogens is 5. The minimum Gasteiger partial charge on any atom is -0.493 e. The molecule has 15 heteroatoms. The van der Waals surface area contributed by atoms with Gasteiger partial charge in [-0.05, 0) is 78.1 Å². The van der Waals surface area contributed by atoms with E-state index in [0.717, 1.165) is 31.4 Å². The summed E-state index contributed by atoms with van der Waals surface area (Å²) in [5.74, 6) is 0.680. The number of amides is 1. The van der Waals surface area contributed by atoms with Gasteiger partial charge in [0.05, 0.1) is 29.1 Å². The van der Waals surface area contributed by atoms with Crippen molar-refractivity contribution < 1.29 is 18.9 Å². The molecule has 0 spiro atoms. The number of nitrogens with two attached hydrogens (primary N) is 1. The number of likely N-dealkylation sites (tertiary alicyclic amines) is 1. The van der Waals surface area contributed by atoms with Crippen molar-refractivity contribution in [3.8, 4) is 17.3 Å². The van der Waals surface area contributed by atoms with Gasteiger partial charge in [-0.25, -0.2) is 10.1 Å². The van der Waals surface area contributed by atoms with Crippen molar-refractivity contribution >= 4 is 41.1 Å². The van der Waals surface area contributed by atoms with E-state index < -0.39 is 5.91 Å². The third-order valence-corrected chi connectivity index (χ3v) is 7.65. The van der Waals surface area contributed by atoms with Crippen LogP contribution in [0.1, 0.15) is 53.5 Å². The number of hydrazone groups is 1. The van der Waals surface area contributed by atoms with E-state index in [1.165, 1.54) is 18.0 Å². The first-order valence-electron chi connectivity index (χ1n) is 13.2. The number of nitrogens with zero attached hydrogens (tertiary/aromatic N) is 7. The molecule has 3 heterocycles. The molecule has 5 rings (SSSR count). The van der Waals surface area contributed by atoms with Crippen molar-refractivity contribution in [3.63, 3.8) is 0 Å². The average Bonchev–Trinajstić information content (AvgIpc) is 3.60. The molecule has 1 unspecified atom stereocenters. The van der Waals surface area contributed by atoms with E-state index in [-0.39, 0.29) is 23.9 Å². The molecule has 42 heavy (non-hydrogen) atoms. The highest BCUT2D eigenvalue weighted by Crippen LogP contribution is 2.29. The van der Waals surface area contributed by atoms with Crippen LogP contribution in [-0.4, -0.2) is 62.0 Å². The predicted molar refractivity (Wildman–Crippen MR) is 156 cm³/mol. The number of carbonyl (C=O) groups is 1. The average molecular weight is 614 g/mol. The van der Waals surface area contributed by atoms with Crippen LogP contribution in [0.25, 0.3) is 5.82 Å². The van der Waals surface area contributed by atoms with Crippen molar-refractivity contribution in [2.24, 2.45) is 5.10 Å². The number of nitrogen functional groups attached to an aromatic ring is 1. The number of carbonyl (C=O) groups excluding carboxylic acids is 1. The van der Waals surface area contributed by atoms with Gasteiger partial charge in [-0.1, -0.05) is 40.9 Å². The van der Waals surface area contributed by atoms with Gasteiger partial charge in [-0.2, -0.15) is 9.78 Å². The molecule has 220 valence electrons. The highest BCUT2D eigenvalue weighted by molar-refractivity contribution is 6.42. The first-order valence-corrected chi connectivity index (χ1v) is 13.9. The van der Waals surface area contributed by atoms with E-state index in [1.54, 1.807) is 30.3 Å². The number of nitrogens with one attached hydrogen (secondary N) is 1. The molecule has 3 N–H and O–H groups in total. The van der Waals surface area contributed by atoms with Gasteiger partial charge in [0, 0.05) is 12.6 Å². The molecule has 2 aromatic heterocycles. The number of hydrogen-bond donors (Lipinski definition) is 2. The van der Waals surface area contributed by atoms with Gasteiger partial charge in [-0.3, -0.25) is 9.69 Å². The lowest BCUT2D eigenvalue weighted by molar-refractivity contribution is 0.0945. The highest BCUT2D eigenvalue weighted by atomic mass is 35.5. The number of benzene rings is 2. The van der Waals surface area contributed by atoms with Gasteiger partial charge in [0.1, 0.15) is 6.61 Å². The van der Waals surface area contributed by atoms with E-state index >= 15 is 0 Å². The van der Waals surface area contributed by atoms with E-state index in [4.69, 9.17) is 43.0 Å². The zero-order valence-corrected chi connectivity index (χ0v) is 24.5. The first-order chi connectivity index (χ1) is 20.3. The largest absolute Gasteiger partial charge is 0.493 e. The molecule has 1 aliphatic heterocycles. The topological polar surface area (TPSA) is 159 Å². The monoisotopic (exact) mass is 613 g/mol. The van der Waals surface area contributed by atoms with Crippen molar-refractivity contribution in [1.29, 1.82) is 0 Å². The standard InChI is InChI=1S/C27H29Cl2N9O4/c1-16-5-3-4-10-37(16)14-21-24(32-36-38(21)26-25(30)34-42-35-26)27(39)33-31-13-17-7-9-22(23(12-17)40-2)41-15-18-6-8-19(28)20(29)11-18/h6-9,11-13,16H,3-5,10,14-15H2,1-2H3,(H2,30,34)(H,33,39). The Hall–Kier alpha value is -4.20. The van der Waals surface area contributed by atoms with Gasteiger partial charge in [0.15, 0.2) is 17.2 Å². The summed E-state index contributed by atoms with van der Waals surface area (Å²) in [6, 6.07) is 10.9. The van der Waals surface area contributed by atoms with Crippen LogP contribution in [0.4, 0.5) is 5.82 Å². The fraction of sp³-hybridized carbons (Fsp3) is 0.333. The molecule has 0 bridgehead atoms. The van der Waals surface area contributed by atoms with Gasteiger partial charge < -0.3 is 15.2 Å². The van der Waals surface area contributed by atoms with E-state index in [9.17, 15) is 4.79 Å². The lowest BCUT2D eigenvalue weighted by Crippen LogP contribution is -2.38. The maximum absolute atomic E-state index is 13.2. The van der Waals surface area contributed by atoms with Crippen LogP contribution in [-0.2, 0) is 13.2 Å². The summed E-state index contributed by atoms with van der Waals surface area (Å²) < 4.78 is 17.5. The maximum Gasteiger partial charge on any atom is 0.293 e. The zero-order chi connectivity index (χ0) is 29.6. The minimum atomic E-state index is -0.541. The van der Waals surface area contributed by atoms with E-state index in [1.807, 2.05) is 6.07 Å². The van der Waals surface area contributed by atoms with Crippen LogP contribution >= 0.6 is 23.2 Å². The number of anilines is 1. The summed E-state index contributed by atoms with van der Waals surface area (Å²) in [6.45, 7) is 3.72. The minimum absolute atomic E-state index is 0.0381. The van der Waals surface area contributed by atoms with Gasteiger partial charge in [0.25, 0.3) is 5.91 Å². The van der Waals surface area contributed by atoms with Crippen molar-refractivity contribution in [2.75, 3.05) is 19.4 Å². The Kier molecular flexibility index (Phi) is 9.20. The number of ether oxygens (including phenoxy) is 2. The Bertz CT molecular complexity index is 1590. The predicted octanol–water partition coefficient (Wildman–Crippen LogP) is 4.27. The summed E-state index contributed by atoms with van der Waals surface area (Å²) in [4.78, 5) is 15.4. The van der Waals surface area contributed by atoms with Crippen LogP contribution in [0.5, 0.6) is 11.5 Å². The fourth-order valence-corrected chi connectivity index (χ4v) is 4.93. The van der Waals surface area contributed by atoms with Crippen LogP contribution < -0.4 is 20.6 Å². The molecule has 1 amide bonds. The van der Waals surface area contributed by atoms with Crippen molar-refractivity contribution in [3.05, 3.63) is 69.0 Å². The first kappa shape index (κ1) is 29.3. The quantitative estimate of drug-likeness (QED) is 0.195. The number of piperidine rings is 1. The molecule has 13 nitrogen and oxygen atoms in total. The number of hydrogen-bond acceptors (Lipinski definition) is 11. The molecule has 1 fully saturated rings. The van der Waals surface area contributed by atoms with E-state index in [0.29, 0.717) is 45.4 Å². The second-order valence-electron chi connectivity index (χ2n) is 9.73. The summed E-state index contributed by atoms with van der Waals surface area (Å²) in [7, 11) is 1.54. The second-order valence-corrected chi connectivity index (χ2v) is 10.5. The smallest absolute Gasteiger partial charge is 0.293 e. The lowest BCUT2D eigenvalue weighted by atomic mass is 10.0. The summed E-state index contributed by atoms with van der Waals surface area (Å²) in [5.41, 5.74) is 10.6. The molecule has 0 aliphatic carbocycles. The van der Waals surface area contributed by atoms with Gasteiger partial charge >= 0.3 is 0 Å². The summed E-state index contributed by atoms with van der Waals surface area (Å²) in [5, 5.41) is 20.7. The Morgan fingerprint density at radius 2 is 2.05 bits per heavy atom. The SMILES string of the molecule is COc1cc(C=NNC(=O)c2nnn(-c3nonc3N)c2CN2CCCCC2C)ccc1OCc1ccc(Cl)c(Cl)c1. The Labute approximate surface area is 251 Å². The molecule has 1 saturated heterocycles. The molecule has 4 aromatic rings. The van der Waals surface area contributed by atoms with Crippen LogP contribution in [0.3, 0.4) is 0 Å². The van der Waals surface area contributed by atoms with Crippen molar-refractivity contribution in [2.45, 2.75) is 45.4 Å². The Morgan fingerprint density at radius 1 is 1.19 bits per heavy atom. The number of halogens is 2. The molecule has 0 radical (unpaired) electrons. The Balaban J connectivity index is 1.29. The zero-order valence-electron chi connectivity index (χ0n) is 23.0. The van der Waals surface area contributed by atoms with Crippen molar-refractivity contribution in [1.82, 2.24) is 35.6 Å². The summed E-state index contributed by atoms with van der Waals surface area (Å²) in [6.07, 6.45) is 4.77. The second kappa shape index (κ2) is 13.2. The third kappa shape index (κ3) is 6.64. The van der Waals surface area contributed by atoms with Gasteiger partial charge in [0.2, 0.25) is 11.6 Å². The van der Waals surface area contributed by atoms with Crippen LogP contribution in [0, 0.1) is 0 Å². The highest BCUT2D eigenvalue weighted by Gasteiger charge is 2.28. The maximum atomic E-state index is 13.2. The van der Waals surface area contributed by atoms with Gasteiger partial charge in [-0.15, -0.1) is 5.10 Å². The van der Waals surface area contributed by atoms with E-state index in [2.05, 4.69) is 43.0 Å². The number of methoxy groups -OCH3 is 1. The molecular weight excluding hydrogens is 585 g/mol. The lowest BCUT2D eigenvalue weighted by Gasteiger charge is -2.33. The Morgan fingerprint density at radius 3 is 2.79 bits per heavy atom. The molecule has 0 saturated carbocycles. The normalized spacial score (nSPS) is 15.7. The molecular formula is C27H29Cl2N9O4. The van der Waals surface area contributed by atoms with Crippen LogP contribution in [0.15, 0.2) is 46.1 Å². The molecule has 1 aliphatic rings. The summed E-state index contributed by atoms with van der Waals surface area (Å²) >= 11 is 12.1. The third-order valence-electron chi connectivity index (χ3n) is 6.91. The number of rotatable bonds is 10. The van der Waals surface area contributed by atoms with Crippen LogP contribution in [0.2, 0.25) is 10.0 Å². The molecule has 2 aromatic carbocycles. The fourth-order valence-electron chi connectivity index (χ4n) is 4.61.